The molecular weight excluding hydrogens is 428 g/mol. The number of amides is 1. The maximum Gasteiger partial charge on any atom is 0.339 e. The minimum Gasteiger partial charge on any atom is -0.486 e. The predicted octanol–water partition coefficient (Wildman–Crippen LogP) is 3.70. The Labute approximate surface area is 171 Å². The highest BCUT2D eigenvalue weighted by atomic mass is 79.9. The van der Waals surface area contributed by atoms with Gasteiger partial charge in [-0.25, -0.2) is 4.79 Å². The topological polar surface area (TPSA) is 89.7 Å². The summed E-state index contributed by atoms with van der Waals surface area (Å²) in [6.07, 6.45) is 0.585. The van der Waals surface area contributed by atoms with E-state index in [1.165, 1.54) is 7.11 Å². The van der Waals surface area contributed by atoms with E-state index in [1.54, 1.807) is 6.92 Å². The number of fused-ring (bicyclic) bond motifs is 1. The molecule has 150 valence electrons. The fourth-order valence-electron chi connectivity index (χ4n) is 3.29. The summed E-state index contributed by atoms with van der Waals surface area (Å²) in [6.45, 7) is 6.54. The first kappa shape index (κ1) is 20.3. The highest BCUT2D eigenvalue weighted by molar-refractivity contribution is 9.10. The molecule has 1 unspecified atom stereocenters. The summed E-state index contributed by atoms with van der Waals surface area (Å²) in [5.74, 6) is 0.586. The summed E-state index contributed by atoms with van der Waals surface area (Å²) >= 11 is 3.54. The summed E-state index contributed by atoms with van der Waals surface area (Å²) in [6, 6.07) is 3.41. The van der Waals surface area contributed by atoms with Crippen LogP contribution in [0.4, 0.5) is 0 Å². The molecule has 0 fully saturated rings. The first-order valence-corrected chi connectivity index (χ1v) is 9.86. The number of carbonyl (C=O) groups is 2. The molecule has 0 spiro atoms. The van der Waals surface area contributed by atoms with E-state index in [0.717, 1.165) is 10.0 Å². The lowest BCUT2D eigenvalue weighted by Gasteiger charge is -2.22. The van der Waals surface area contributed by atoms with Crippen molar-refractivity contribution in [3.05, 3.63) is 44.7 Å². The van der Waals surface area contributed by atoms with E-state index in [0.29, 0.717) is 53.6 Å². The Balaban J connectivity index is 1.85. The molecule has 0 radical (unpaired) electrons. The first-order valence-electron chi connectivity index (χ1n) is 9.07. The zero-order chi connectivity index (χ0) is 20.4. The number of rotatable bonds is 5. The van der Waals surface area contributed by atoms with Crippen LogP contribution in [-0.2, 0) is 11.2 Å². The lowest BCUT2D eigenvalue weighted by atomic mass is 10.1. The van der Waals surface area contributed by atoms with Gasteiger partial charge in [-0.2, -0.15) is 0 Å². The molecule has 1 amide bonds. The zero-order valence-electron chi connectivity index (χ0n) is 16.3. The Morgan fingerprint density at radius 2 is 1.93 bits per heavy atom. The minimum absolute atomic E-state index is 0.295. The molecule has 0 bridgehead atoms. The first-order chi connectivity index (χ1) is 13.4. The Hall–Kier alpha value is -2.48. The van der Waals surface area contributed by atoms with Gasteiger partial charge in [0.2, 0.25) is 0 Å². The second-order valence-electron chi connectivity index (χ2n) is 6.54. The van der Waals surface area contributed by atoms with Crippen molar-refractivity contribution in [2.24, 2.45) is 0 Å². The highest BCUT2D eigenvalue weighted by Gasteiger charge is 2.25. The van der Waals surface area contributed by atoms with Crippen molar-refractivity contribution in [1.82, 2.24) is 10.3 Å². The van der Waals surface area contributed by atoms with Gasteiger partial charge in [-0.15, -0.1) is 0 Å². The number of esters is 1. The maximum absolute atomic E-state index is 12.9. The molecule has 28 heavy (non-hydrogen) atoms. The molecule has 2 N–H and O–H groups in total. The quantitative estimate of drug-likeness (QED) is 0.677. The molecule has 8 heteroatoms. The van der Waals surface area contributed by atoms with Crippen LogP contribution in [0.1, 0.15) is 57.6 Å². The molecular formula is C20H23BrN2O5. The number of carbonyl (C=O) groups excluding carboxylic acids is 2. The molecule has 3 rings (SSSR count). The minimum atomic E-state index is -0.452. The summed E-state index contributed by atoms with van der Waals surface area (Å²) in [5, 5.41) is 2.97. The lowest BCUT2D eigenvalue weighted by Crippen LogP contribution is -2.28. The number of halogens is 1. The lowest BCUT2D eigenvalue weighted by molar-refractivity contribution is 0.0599. The Bertz CT molecular complexity index is 922. The summed E-state index contributed by atoms with van der Waals surface area (Å²) < 4.78 is 16.9. The molecule has 7 nitrogen and oxygen atoms in total. The highest BCUT2D eigenvalue weighted by Crippen LogP contribution is 2.37. The Morgan fingerprint density at radius 1 is 1.29 bits per heavy atom. The van der Waals surface area contributed by atoms with Crippen LogP contribution in [0.15, 0.2) is 16.6 Å². The van der Waals surface area contributed by atoms with E-state index in [9.17, 15) is 9.59 Å². The number of benzene rings is 1. The van der Waals surface area contributed by atoms with Crippen molar-refractivity contribution in [3.8, 4) is 11.5 Å². The third kappa shape index (κ3) is 3.73. The molecule has 1 aliphatic rings. The number of hydrogen-bond acceptors (Lipinski definition) is 5. The van der Waals surface area contributed by atoms with Gasteiger partial charge in [0.15, 0.2) is 11.5 Å². The van der Waals surface area contributed by atoms with E-state index >= 15 is 0 Å². The number of aryl methyl sites for hydroxylation is 1. The van der Waals surface area contributed by atoms with Crippen LogP contribution >= 0.6 is 15.9 Å². The smallest absolute Gasteiger partial charge is 0.339 e. The van der Waals surface area contributed by atoms with Crippen LogP contribution in [0.5, 0.6) is 11.5 Å². The Morgan fingerprint density at radius 3 is 2.54 bits per heavy atom. The van der Waals surface area contributed by atoms with Crippen molar-refractivity contribution in [1.29, 1.82) is 0 Å². The average molecular weight is 451 g/mol. The normalized spacial score (nSPS) is 13.8. The largest absolute Gasteiger partial charge is 0.486 e. The second kappa shape index (κ2) is 8.26. The van der Waals surface area contributed by atoms with Crippen LogP contribution in [0.3, 0.4) is 0 Å². The van der Waals surface area contributed by atoms with Gasteiger partial charge in [-0.1, -0.05) is 22.9 Å². The number of nitrogens with one attached hydrogen (secondary N) is 2. The van der Waals surface area contributed by atoms with Crippen LogP contribution in [0.25, 0.3) is 0 Å². The van der Waals surface area contributed by atoms with Crippen molar-refractivity contribution >= 4 is 27.8 Å². The predicted molar refractivity (Wildman–Crippen MR) is 107 cm³/mol. The molecule has 0 saturated heterocycles. The number of H-pyrrole nitrogens is 1. The summed E-state index contributed by atoms with van der Waals surface area (Å²) in [4.78, 5) is 28.0. The van der Waals surface area contributed by atoms with Gasteiger partial charge in [0.05, 0.1) is 18.7 Å². The number of ether oxygens (including phenoxy) is 3. The fourth-order valence-corrected chi connectivity index (χ4v) is 3.95. The van der Waals surface area contributed by atoms with Gasteiger partial charge in [0, 0.05) is 10.2 Å². The van der Waals surface area contributed by atoms with Crippen LogP contribution in [-0.4, -0.2) is 37.2 Å². The van der Waals surface area contributed by atoms with Gasteiger partial charge in [-0.3, -0.25) is 4.79 Å². The molecule has 0 aliphatic carbocycles. The molecule has 1 aromatic heterocycles. The van der Waals surface area contributed by atoms with Gasteiger partial charge >= 0.3 is 5.97 Å². The Kier molecular flexibility index (Phi) is 5.98. The van der Waals surface area contributed by atoms with Crippen LogP contribution in [0.2, 0.25) is 0 Å². The molecule has 2 heterocycles. The van der Waals surface area contributed by atoms with Gasteiger partial charge in [0.1, 0.15) is 18.9 Å². The summed E-state index contributed by atoms with van der Waals surface area (Å²) in [5.41, 5.74) is 2.91. The third-order valence-corrected chi connectivity index (χ3v) is 5.46. The average Bonchev–Trinajstić information content (AvgIpc) is 3.03. The van der Waals surface area contributed by atoms with Crippen molar-refractivity contribution < 1.29 is 23.8 Å². The summed E-state index contributed by atoms with van der Waals surface area (Å²) in [7, 11) is 1.33. The SMILES string of the molecule is CCc1[nH]c(C(=O)NC(C)c2cc3c(cc2Br)OCCO3)c(C)c1C(=O)OC. The second-order valence-corrected chi connectivity index (χ2v) is 7.39. The maximum atomic E-state index is 12.9. The van der Waals surface area contributed by atoms with Gasteiger partial charge in [0.25, 0.3) is 5.91 Å². The monoisotopic (exact) mass is 450 g/mol. The number of methoxy groups -OCH3 is 1. The van der Waals surface area contributed by atoms with E-state index < -0.39 is 5.97 Å². The van der Waals surface area contributed by atoms with Crippen molar-refractivity contribution in [2.45, 2.75) is 33.2 Å². The molecule has 0 saturated carbocycles. The van der Waals surface area contributed by atoms with E-state index in [1.807, 2.05) is 26.0 Å². The van der Waals surface area contributed by atoms with E-state index in [4.69, 9.17) is 14.2 Å². The molecule has 1 aromatic carbocycles. The number of hydrogen-bond donors (Lipinski definition) is 2. The fraction of sp³-hybridized carbons (Fsp3) is 0.400. The molecule has 1 atom stereocenters. The number of aromatic amines is 1. The van der Waals surface area contributed by atoms with E-state index in [2.05, 4.69) is 26.2 Å². The van der Waals surface area contributed by atoms with Gasteiger partial charge in [-0.05, 0) is 43.5 Å². The van der Waals surface area contributed by atoms with E-state index in [-0.39, 0.29) is 11.9 Å². The molecule has 1 aliphatic heterocycles. The standard InChI is InChI=1S/C20H23BrN2O5/c1-5-14-17(20(25)26-4)10(2)18(23-14)19(24)22-11(3)12-8-15-16(9-13(12)21)28-7-6-27-15/h8-9,11,23H,5-7H2,1-4H3,(H,22,24). The van der Waals surface area contributed by atoms with Crippen LogP contribution in [0, 0.1) is 6.92 Å². The van der Waals surface area contributed by atoms with Crippen molar-refractivity contribution in [2.75, 3.05) is 20.3 Å². The van der Waals surface area contributed by atoms with Gasteiger partial charge < -0.3 is 24.5 Å². The third-order valence-electron chi connectivity index (χ3n) is 4.77. The van der Waals surface area contributed by atoms with Crippen LogP contribution < -0.4 is 14.8 Å². The van der Waals surface area contributed by atoms with Crippen molar-refractivity contribution in [3.63, 3.8) is 0 Å². The molecule has 2 aromatic rings. The zero-order valence-corrected chi connectivity index (χ0v) is 17.9. The number of aromatic nitrogens is 1.